The van der Waals surface area contributed by atoms with E-state index in [1.165, 1.54) is 18.4 Å². The summed E-state index contributed by atoms with van der Waals surface area (Å²) >= 11 is 3.39. The van der Waals surface area contributed by atoms with Crippen LogP contribution < -0.4 is 0 Å². The molecule has 0 N–H and O–H groups in total. The van der Waals surface area contributed by atoms with E-state index in [4.69, 9.17) is 4.74 Å². The Kier molecular flexibility index (Phi) is 3.36. The first kappa shape index (κ1) is 10.3. The maximum absolute atomic E-state index is 5.49. The highest BCUT2D eigenvalue weighted by Crippen LogP contribution is 2.38. The van der Waals surface area contributed by atoms with Crippen molar-refractivity contribution in [1.29, 1.82) is 0 Å². The van der Waals surface area contributed by atoms with Gasteiger partial charge in [-0.3, -0.25) is 0 Å². The van der Waals surface area contributed by atoms with Gasteiger partial charge in [0, 0.05) is 5.33 Å². The molecule has 0 aromatic rings. The Morgan fingerprint density at radius 3 is 2.58 bits per heavy atom. The molecule has 0 amide bonds. The van der Waals surface area contributed by atoms with Crippen molar-refractivity contribution in [3.8, 4) is 0 Å². The lowest BCUT2D eigenvalue weighted by Gasteiger charge is -1.98. The van der Waals surface area contributed by atoms with Crippen molar-refractivity contribution in [2.24, 2.45) is 0 Å². The largest absolute Gasteiger partial charge is 0.367 e. The molecule has 1 saturated heterocycles. The Hall–Kier alpha value is 0.180. The van der Waals surface area contributed by atoms with Crippen LogP contribution in [0, 0.1) is 0 Å². The molecule has 0 aromatic heterocycles. The zero-order valence-corrected chi connectivity index (χ0v) is 9.65. The first-order chi connectivity index (χ1) is 5.56. The van der Waals surface area contributed by atoms with E-state index in [-0.39, 0.29) is 5.60 Å². The summed E-state index contributed by atoms with van der Waals surface area (Å²) in [6, 6.07) is 0. The van der Waals surface area contributed by atoms with E-state index < -0.39 is 0 Å². The van der Waals surface area contributed by atoms with Gasteiger partial charge in [-0.25, -0.2) is 0 Å². The molecule has 0 radical (unpaired) electrons. The Balaban J connectivity index is 2.15. The van der Waals surface area contributed by atoms with Gasteiger partial charge in [0.05, 0.1) is 11.7 Å². The summed E-state index contributed by atoms with van der Waals surface area (Å²) in [4.78, 5) is 0. The third-order valence-electron chi connectivity index (χ3n) is 2.39. The van der Waals surface area contributed by atoms with Crippen LogP contribution in [0.15, 0.2) is 11.6 Å². The molecule has 1 fully saturated rings. The first-order valence-electron chi connectivity index (χ1n) is 4.45. The summed E-state index contributed by atoms with van der Waals surface area (Å²) in [7, 11) is 0. The van der Waals surface area contributed by atoms with E-state index in [9.17, 15) is 0 Å². The number of alkyl halides is 1. The van der Waals surface area contributed by atoms with Crippen molar-refractivity contribution in [2.45, 2.75) is 45.3 Å². The van der Waals surface area contributed by atoms with Gasteiger partial charge >= 0.3 is 0 Å². The van der Waals surface area contributed by atoms with Gasteiger partial charge in [0.1, 0.15) is 0 Å². The van der Waals surface area contributed by atoms with Gasteiger partial charge in [0.25, 0.3) is 0 Å². The maximum Gasteiger partial charge on any atom is 0.0892 e. The van der Waals surface area contributed by atoms with Crippen LogP contribution in [0.25, 0.3) is 0 Å². The molecule has 1 aliphatic rings. The summed E-state index contributed by atoms with van der Waals surface area (Å²) in [5.41, 5.74) is 1.62. The zero-order chi connectivity index (χ0) is 9.19. The van der Waals surface area contributed by atoms with Crippen molar-refractivity contribution in [2.75, 3.05) is 5.33 Å². The molecule has 2 heteroatoms. The van der Waals surface area contributed by atoms with Gasteiger partial charge in [0.2, 0.25) is 0 Å². The lowest BCUT2D eigenvalue weighted by Crippen LogP contribution is -2.02. The van der Waals surface area contributed by atoms with Gasteiger partial charge < -0.3 is 4.74 Å². The summed E-state index contributed by atoms with van der Waals surface area (Å²) in [5.74, 6) is 0. The van der Waals surface area contributed by atoms with Crippen LogP contribution in [0.1, 0.15) is 33.6 Å². The highest BCUT2D eigenvalue weighted by Gasteiger charge is 2.46. The minimum atomic E-state index is 0.161. The van der Waals surface area contributed by atoms with Gasteiger partial charge in [-0.15, -0.1) is 0 Å². The standard InChI is InChI=1S/C10H17BrO/c1-8(6-7-11)4-5-9-10(2,3)12-9/h6,9H,4-5,7H2,1-3H3/b8-6+. The lowest BCUT2D eigenvalue weighted by atomic mass is 10.0. The first-order valence-corrected chi connectivity index (χ1v) is 5.58. The number of halogens is 1. The fourth-order valence-corrected chi connectivity index (χ4v) is 1.88. The van der Waals surface area contributed by atoms with Crippen LogP contribution in [-0.4, -0.2) is 17.0 Å². The highest BCUT2D eigenvalue weighted by atomic mass is 79.9. The van der Waals surface area contributed by atoms with E-state index >= 15 is 0 Å². The summed E-state index contributed by atoms with van der Waals surface area (Å²) in [5, 5.41) is 0.966. The normalized spacial score (nSPS) is 27.3. The van der Waals surface area contributed by atoms with Crippen molar-refractivity contribution < 1.29 is 4.74 Å². The Morgan fingerprint density at radius 1 is 1.58 bits per heavy atom. The number of rotatable bonds is 4. The fourth-order valence-electron chi connectivity index (χ4n) is 1.33. The van der Waals surface area contributed by atoms with Crippen LogP contribution in [-0.2, 0) is 4.74 Å². The van der Waals surface area contributed by atoms with Crippen molar-refractivity contribution in [1.82, 2.24) is 0 Å². The predicted molar refractivity (Wildman–Crippen MR) is 55.7 cm³/mol. The minimum absolute atomic E-state index is 0.161. The molecular formula is C10H17BrO. The van der Waals surface area contributed by atoms with Crippen LogP contribution in [0.3, 0.4) is 0 Å². The third kappa shape index (κ3) is 2.91. The van der Waals surface area contributed by atoms with Gasteiger partial charge in [-0.05, 0) is 33.6 Å². The SMILES string of the molecule is C/C(=C\CBr)CCC1OC1(C)C. The molecule has 1 nitrogen and oxygen atoms in total. The number of hydrogen-bond donors (Lipinski definition) is 0. The van der Waals surface area contributed by atoms with E-state index in [2.05, 4.69) is 42.8 Å². The monoisotopic (exact) mass is 232 g/mol. The molecule has 0 spiro atoms. The van der Waals surface area contributed by atoms with Gasteiger partial charge in [-0.2, -0.15) is 0 Å². The molecule has 1 atom stereocenters. The van der Waals surface area contributed by atoms with Crippen LogP contribution in [0.5, 0.6) is 0 Å². The average molecular weight is 233 g/mol. The van der Waals surface area contributed by atoms with Crippen molar-refractivity contribution in [3.63, 3.8) is 0 Å². The summed E-state index contributed by atoms with van der Waals surface area (Å²) in [6.07, 6.45) is 5.05. The van der Waals surface area contributed by atoms with Crippen LogP contribution >= 0.6 is 15.9 Å². The second kappa shape index (κ2) is 3.93. The predicted octanol–water partition coefficient (Wildman–Crippen LogP) is 3.29. The highest BCUT2D eigenvalue weighted by molar-refractivity contribution is 9.09. The third-order valence-corrected chi connectivity index (χ3v) is 2.71. The molecular weight excluding hydrogens is 216 g/mol. The minimum Gasteiger partial charge on any atom is -0.367 e. The Bertz CT molecular complexity index is 184. The molecule has 0 bridgehead atoms. The summed E-state index contributed by atoms with van der Waals surface area (Å²) < 4.78 is 5.49. The Labute approximate surface area is 83.3 Å². The molecule has 1 unspecified atom stereocenters. The Morgan fingerprint density at radius 2 is 2.17 bits per heavy atom. The number of allylic oxidation sites excluding steroid dienone is 2. The quantitative estimate of drug-likeness (QED) is 0.412. The molecule has 0 aromatic carbocycles. The van der Waals surface area contributed by atoms with E-state index in [1.54, 1.807) is 0 Å². The average Bonchev–Trinajstić information content (AvgIpc) is 2.56. The van der Waals surface area contributed by atoms with E-state index in [1.807, 2.05) is 0 Å². The molecule has 1 aliphatic heterocycles. The number of epoxide rings is 1. The second-order valence-corrected chi connectivity index (χ2v) is 4.60. The molecule has 1 heterocycles. The second-order valence-electron chi connectivity index (χ2n) is 3.95. The smallest absolute Gasteiger partial charge is 0.0892 e. The lowest BCUT2D eigenvalue weighted by molar-refractivity contribution is 0.320. The molecule has 0 aliphatic carbocycles. The van der Waals surface area contributed by atoms with Crippen molar-refractivity contribution in [3.05, 3.63) is 11.6 Å². The van der Waals surface area contributed by atoms with E-state index in [0.29, 0.717) is 6.10 Å². The molecule has 12 heavy (non-hydrogen) atoms. The summed E-state index contributed by atoms with van der Waals surface area (Å²) in [6.45, 7) is 6.49. The molecule has 1 rings (SSSR count). The molecule has 0 saturated carbocycles. The topological polar surface area (TPSA) is 12.5 Å². The van der Waals surface area contributed by atoms with Crippen LogP contribution in [0.2, 0.25) is 0 Å². The maximum atomic E-state index is 5.49. The number of hydrogen-bond acceptors (Lipinski definition) is 1. The zero-order valence-electron chi connectivity index (χ0n) is 8.06. The van der Waals surface area contributed by atoms with E-state index in [0.717, 1.165) is 5.33 Å². The molecule has 70 valence electrons. The number of ether oxygens (including phenoxy) is 1. The van der Waals surface area contributed by atoms with Gasteiger partial charge in [0.15, 0.2) is 0 Å². The van der Waals surface area contributed by atoms with Gasteiger partial charge in [-0.1, -0.05) is 27.6 Å². The van der Waals surface area contributed by atoms with Crippen LogP contribution in [0.4, 0.5) is 0 Å². The van der Waals surface area contributed by atoms with Crippen molar-refractivity contribution >= 4 is 15.9 Å². The fraction of sp³-hybridized carbons (Fsp3) is 0.800.